The molecule has 0 aromatic heterocycles. The zero-order valence-electron chi connectivity index (χ0n) is 11.1. The Bertz CT molecular complexity index is 397. The number of ether oxygens (including phenoxy) is 1. The molecule has 1 heterocycles. The molecule has 18 heavy (non-hydrogen) atoms. The Hall–Kier alpha value is -1.29. The molecule has 0 bridgehead atoms. The van der Waals surface area contributed by atoms with Gasteiger partial charge in [0, 0.05) is 30.9 Å². The van der Waals surface area contributed by atoms with Crippen LogP contribution in [0.4, 0.5) is 10.1 Å². The summed E-state index contributed by atoms with van der Waals surface area (Å²) in [5.74, 6) is 0.0176. The molecule has 0 spiro atoms. The lowest BCUT2D eigenvalue weighted by Gasteiger charge is -2.29. The number of anilines is 1. The minimum atomic E-state index is -0.289. The number of nitrogens with zero attached hydrogens (tertiary/aromatic N) is 1. The van der Waals surface area contributed by atoms with E-state index < -0.39 is 0 Å². The highest BCUT2D eigenvalue weighted by molar-refractivity contribution is 5.49. The van der Waals surface area contributed by atoms with E-state index in [0.29, 0.717) is 11.8 Å². The van der Waals surface area contributed by atoms with Gasteiger partial charge < -0.3 is 15.0 Å². The molecular weight excluding hydrogens is 231 g/mol. The van der Waals surface area contributed by atoms with E-state index in [-0.39, 0.29) is 5.82 Å². The number of hydrogen-bond donors (Lipinski definition) is 1. The van der Waals surface area contributed by atoms with Gasteiger partial charge in [-0.15, -0.1) is 0 Å². The van der Waals surface area contributed by atoms with Gasteiger partial charge in [0.25, 0.3) is 0 Å². The summed E-state index contributed by atoms with van der Waals surface area (Å²) in [5, 5.41) is 3.47. The minimum Gasteiger partial charge on any atom is -0.494 e. The largest absolute Gasteiger partial charge is 0.494 e. The first-order valence-corrected chi connectivity index (χ1v) is 6.52. The average molecular weight is 252 g/mol. The van der Waals surface area contributed by atoms with Gasteiger partial charge in [-0.1, -0.05) is 0 Å². The Morgan fingerprint density at radius 1 is 1.39 bits per heavy atom. The van der Waals surface area contributed by atoms with Crippen molar-refractivity contribution >= 4 is 5.69 Å². The number of rotatable bonds is 2. The first-order chi connectivity index (χ1) is 8.70. The van der Waals surface area contributed by atoms with Gasteiger partial charge in [0.1, 0.15) is 0 Å². The number of nitrogens with one attached hydrogen (secondary N) is 1. The monoisotopic (exact) mass is 252 g/mol. The van der Waals surface area contributed by atoms with Crippen molar-refractivity contribution < 1.29 is 9.13 Å². The van der Waals surface area contributed by atoms with Crippen molar-refractivity contribution in [3.63, 3.8) is 0 Å². The quantitative estimate of drug-likeness (QED) is 0.875. The zero-order valence-corrected chi connectivity index (χ0v) is 11.1. The molecule has 0 saturated carbocycles. The normalized spacial score (nSPS) is 21.3. The smallest absolute Gasteiger partial charge is 0.167 e. The Balaban J connectivity index is 2.11. The van der Waals surface area contributed by atoms with Gasteiger partial charge in [0.15, 0.2) is 11.6 Å². The number of benzene rings is 1. The summed E-state index contributed by atoms with van der Waals surface area (Å²) < 4.78 is 18.6. The molecule has 1 aromatic carbocycles. The molecule has 1 unspecified atom stereocenters. The zero-order chi connectivity index (χ0) is 13.0. The van der Waals surface area contributed by atoms with Crippen LogP contribution >= 0.6 is 0 Å². The molecular formula is C14H21FN2O. The second-order valence-electron chi connectivity index (χ2n) is 4.80. The first-order valence-electron chi connectivity index (χ1n) is 6.52. The van der Waals surface area contributed by atoms with Crippen LogP contribution in [0.5, 0.6) is 5.75 Å². The van der Waals surface area contributed by atoms with Gasteiger partial charge in [-0.3, -0.25) is 0 Å². The molecule has 1 aliphatic rings. The molecule has 1 aliphatic heterocycles. The van der Waals surface area contributed by atoms with Crippen molar-refractivity contribution in [1.29, 1.82) is 0 Å². The molecule has 1 aromatic rings. The molecule has 1 fully saturated rings. The van der Waals surface area contributed by atoms with Gasteiger partial charge >= 0.3 is 0 Å². The van der Waals surface area contributed by atoms with Gasteiger partial charge in [0.2, 0.25) is 0 Å². The van der Waals surface area contributed by atoms with Crippen molar-refractivity contribution in [2.24, 2.45) is 0 Å². The fourth-order valence-electron chi connectivity index (χ4n) is 2.29. The number of halogens is 1. The molecule has 0 amide bonds. The molecule has 0 aliphatic carbocycles. The van der Waals surface area contributed by atoms with Crippen LogP contribution in [0, 0.1) is 5.82 Å². The second kappa shape index (κ2) is 6.05. The maximum absolute atomic E-state index is 13.7. The standard InChI is InChI=1S/C14H21FN2O/c1-11-6-9-17(8-3-7-16-11)12-4-5-14(18-2)13(15)10-12/h4-5,10-11,16H,3,6-9H2,1-2H3. The number of methoxy groups -OCH3 is 1. The Morgan fingerprint density at radius 2 is 2.22 bits per heavy atom. The third-order valence-corrected chi connectivity index (χ3v) is 3.43. The van der Waals surface area contributed by atoms with E-state index >= 15 is 0 Å². The summed E-state index contributed by atoms with van der Waals surface area (Å²) in [5.41, 5.74) is 0.947. The summed E-state index contributed by atoms with van der Waals surface area (Å²) in [4.78, 5) is 2.25. The molecule has 2 rings (SSSR count). The number of hydrogen-bond acceptors (Lipinski definition) is 3. The van der Waals surface area contributed by atoms with Crippen LogP contribution in [0.25, 0.3) is 0 Å². The highest BCUT2D eigenvalue weighted by Gasteiger charge is 2.14. The highest BCUT2D eigenvalue weighted by Crippen LogP contribution is 2.24. The van der Waals surface area contributed by atoms with Crippen LogP contribution in [-0.4, -0.2) is 32.8 Å². The van der Waals surface area contributed by atoms with E-state index in [1.165, 1.54) is 7.11 Å². The predicted molar refractivity (Wildman–Crippen MR) is 71.9 cm³/mol. The SMILES string of the molecule is COc1ccc(N2CCCNC(C)CC2)cc1F. The van der Waals surface area contributed by atoms with Crippen LogP contribution in [0.15, 0.2) is 18.2 Å². The van der Waals surface area contributed by atoms with Gasteiger partial charge in [-0.25, -0.2) is 4.39 Å². The summed E-state index contributed by atoms with van der Waals surface area (Å²) in [6, 6.07) is 5.72. The van der Waals surface area contributed by atoms with Gasteiger partial charge in [0.05, 0.1) is 7.11 Å². The molecule has 1 N–H and O–H groups in total. The highest BCUT2D eigenvalue weighted by atomic mass is 19.1. The molecule has 3 nitrogen and oxygen atoms in total. The molecule has 1 atom stereocenters. The Morgan fingerprint density at radius 3 is 2.94 bits per heavy atom. The van der Waals surface area contributed by atoms with Crippen molar-refractivity contribution in [3.8, 4) is 5.75 Å². The molecule has 1 saturated heterocycles. The maximum Gasteiger partial charge on any atom is 0.167 e. The van der Waals surface area contributed by atoms with E-state index in [2.05, 4.69) is 17.1 Å². The molecule has 0 radical (unpaired) electrons. The third-order valence-electron chi connectivity index (χ3n) is 3.43. The first kappa shape index (κ1) is 13.1. The molecule has 4 heteroatoms. The van der Waals surface area contributed by atoms with E-state index in [1.807, 2.05) is 6.07 Å². The van der Waals surface area contributed by atoms with Gasteiger partial charge in [-0.05, 0) is 38.4 Å². The van der Waals surface area contributed by atoms with E-state index in [9.17, 15) is 4.39 Å². The third kappa shape index (κ3) is 3.13. The average Bonchev–Trinajstić information content (AvgIpc) is 2.34. The lowest BCUT2D eigenvalue weighted by molar-refractivity contribution is 0.386. The van der Waals surface area contributed by atoms with Gasteiger partial charge in [-0.2, -0.15) is 0 Å². The molecule has 100 valence electrons. The van der Waals surface area contributed by atoms with Crippen LogP contribution < -0.4 is 15.0 Å². The topological polar surface area (TPSA) is 24.5 Å². The summed E-state index contributed by atoms with van der Waals surface area (Å²) in [6.07, 6.45) is 2.16. The second-order valence-corrected chi connectivity index (χ2v) is 4.80. The maximum atomic E-state index is 13.7. The summed E-state index contributed by atoms with van der Waals surface area (Å²) in [6.45, 7) is 5.14. The van der Waals surface area contributed by atoms with Crippen molar-refractivity contribution in [2.45, 2.75) is 25.8 Å². The lowest BCUT2D eigenvalue weighted by atomic mass is 10.1. The van der Waals surface area contributed by atoms with E-state index in [1.54, 1.807) is 12.1 Å². The van der Waals surface area contributed by atoms with E-state index in [4.69, 9.17) is 4.74 Å². The van der Waals surface area contributed by atoms with E-state index in [0.717, 1.165) is 38.2 Å². The van der Waals surface area contributed by atoms with Crippen molar-refractivity contribution in [2.75, 3.05) is 31.6 Å². The van der Waals surface area contributed by atoms with Crippen LogP contribution in [0.2, 0.25) is 0 Å². The fraction of sp³-hybridized carbons (Fsp3) is 0.571. The summed E-state index contributed by atoms with van der Waals surface area (Å²) in [7, 11) is 1.49. The van der Waals surface area contributed by atoms with Crippen molar-refractivity contribution in [3.05, 3.63) is 24.0 Å². The fourth-order valence-corrected chi connectivity index (χ4v) is 2.29. The van der Waals surface area contributed by atoms with Crippen molar-refractivity contribution in [1.82, 2.24) is 5.32 Å². The minimum absolute atomic E-state index is 0.289. The van der Waals surface area contributed by atoms with Crippen LogP contribution in [0.3, 0.4) is 0 Å². The van der Waals surface area contributed by atoms with Crippen LogP contribution in [0.1, 0.15) is 19.8 Å². The Kier molecular flexibility index (Phi) is 4.42. The van der Waals surface area contributed by atoms with Crippen LogP contribution in [-0.2, 0) is 0 Å². The Labute approximate surface area is 108 Å². The predicted octanol–water partition coefficient (Wildman–Crippen LogP) is 2.41. The lowest BCUT2D eigenvalue weighted by Crippen LogP contribution is -2.38. The summed E-state index contributed by atoms with van der Waals surface area (Å²) >= 11 is 0.